The zero-order valence-corrected chi connectivity index (χ0v) is 11.2. The van der Waals surface area contributed by atoms with Crippen molar-refractivity contribution >= 4 is 0 Å². The molecule has 0 aliphatic carbocycles. The van der Waals surface area contributed by atoms with Crippen LogP contribution in [-0.2, 0) is 0 Å². The van der Waals surface area contributed by atoms with Crippen molar-refractivity contribution in [3.63, 3.8) is 0 Å². The summed E-state index contributed by atoms with van der Waals surface area (Å²) in [6, 6.07) is 7.49. The molecule has 2 unspecified atom stereocenters. The first kappa shape index (κ1) is 14.2. The van der Waals surface area contributed by atoms with Crippen LogP contribution in [0.3, 0.4) is 0 Å². The van der Waals surface area contributed by atoms with Crippen LogP contribution in [0.25, 0.3) is 0 Å². The number of nitrogens with one attached hydrogen (secondary N) is 1. The van der Waals surface area contributed by atoms with E-state index in [-0.39, 0.29) is 11.7 Å². The van der Waals surface area contributed by atoms with Crippen molar-refractivity contribution in [1.82, 2.24) is 5.32 Å². The molecule has 2 heteroatoms. The predicted octanol–water partition coefficient (Wildman–Crippen LogP) is 4.10. The third-order valence-electron chi connectivity index (χ3n) is 3.26. The van der Waals surface area contributed by atoms with Gasteiger partial charge in [0.25, 0.3) is 0 Å². The second-order valence-corrected chi connectivity index (χ2v) is 4.66. The molecule has 1 aromatic rings. The van der Waals surface area contributed by atoms with Gasteiger partial charge in [-0.3, -0.25) is 0 Å². The molecule has 0 aromatic heterocycles. The van der Waals surface area contributed by atoms with E-state index < -0.39 is 0 Å². The van der Waals surface area contributed by atoms with Gasteiger partial charge in [-0.1, -0.05) is 45.4 Å². The molecule has 1 nitrogen and oxygen atoms in total. The molecule has 17 heavy (non-hydrogen) atoms. The minimum Gasteiger partial charge on any atom is -0.313 e. The summed E-state index contributed by atoms with van der Waals surface area (Å²) in [7, 11) is 0. The lowest BCUT2D eigenvalue weighted by Crippen LogP contribution is -2.34. The first-order valence-electron chi connectivity index (χ1n) is 6.68. The fraction of sp³-hybridized carbons (Fsp3) is 0.600. The number of hydrogen-bond donors (Lipinski definition) is 1. The Bertz CT molecular complexity index is 324. The summed E-state index contributed by atoms with van der Waals surface area (Å²) in [5, 5.41) is 3.53. The number of halogens is 1. The van der Waals surface area contributed by atoms with Crippen molar-refractivity contribution < 1.29 is 4.39 Å². The molecule has 0 fully saturated rings. The van der Waals surface area contributed by atoms with Gasteiger partial charge >= 0.3 is 0 Å². The zero-order valence-electron chi connectivity index (χ0n) is 11.2. The first-order valence-corrected chi connectivity index (χ1v) is 6.68. The third-order valence-corrected chi connectivity index (χ3v) is 3.26. The summed E-state index contributed by atoms with van der Waals surface area (Å²) in [6.07, 6.45) is 3.33. The van der Waals surface area contributed by atoms with Crippen molar-refractivity contribution in [2.45, 2.75) is 52.0 Å². The molecule has 0 saturated heterocycles. The summed E-state index contributed by atoms with van der Waals surface area (Å²) >= 11 is 0. The lowest BCUT2D eigenvalue weighted by Gasteiger charge is -2.25. The van der Waals surface area contributed by atoms with Gasteiger partial charge in [0.15, 0.2) is 0 Å². The maximum atomic E-state index is 13.7. The van der Waals surface area contributed by atoms with Gasteiger partial charge in [0, 0.05) is 6.04 Å². The van der Waals surface area contributed by atoms with Crippen molar-refractivity contribution in [2.24, 2.45) is 0 Å². The number of rotatable bonds is 7. The fourth-order valence-electron chi connectivity index (χ4n) is 2.23. The van der Waals surface area contributed by atoms with E-state index in [2.05, 4.69) is 26.1 Å². The van der Waals surface area contributed by atoms with Gasteiger partial charge in [-0.15, -0.1) is 0 Å². The Morgan fingerprint density at radius 3 is 2.47 bits per heavy atom. The van der Waals surface area contributed by atoms with Crippen LogP contribution >= 0.6 is 0 Å². The van der Waals surface area contributed by atoms with E-state index in [4.69, 9.17) is 0 Å². The molecule has 0 saturated carbocycles. The summed E-state index contributed by atoms with van der Waals surface area (Å²) in [5.74, 6) is 0.141. The molecule has 0 spiro atoms. The highest BCUT2D eigenvalue weighted by Crippen LogP contribution is 2.24. The van der Waals surface area contributed by atoms with Crippen LogP contribution in [0.2, 0.25) is 0 Å². The standard InChI is InChI=1S/C15H24FN/c1-4-8-15(17-11-5-2)12(3)13-9-6-7-10-14(13)16/h6-7,9-10,12,15,17H,4-5,8,11H2,1-3H3. The Kier molecular flexibility index (Phi) is 6.20. The summed E-state index contributed by atoms with van der Waals surface area (Å²) < 4.78 is 13.7. The molecule has 96 valence electrons. The normalized spacial score (nSPS) is 14.6. The van der Waals surface area contributed by atoms with Crippen molar-refractivity contribution in [3.8, 4) is 0 Å². The van der Waals surface area contributed by atoms with Gasteiger partial charge in [0.05, 0.1) is 0 Å². The Labute approximate surface area is 104 Å². The number of benzene rings is 1. The van der Waals surface area contributed by atoms with Gasteiger partial charge in [-0.05, 0) is 36.9 Å². The first-order chi connectivity index (χ1) is 8.20. The fourth-order valence-corrected chi connectivity index (χ4v) is 2.23. The molecule has 0 aliphatic heterocycles. The second-order valence-electron chi connectivity index (χ2n) is 4.66. The zero-order chi connectivity index (χ0) is 12.7. The highest BCUT2D eigenvalue weighted by Gasteiger charge is 2.19. The summed E-state index contributed by atoms with van der Waals surface area (Å²) in [5.41, 5.74) is 0.828. The van der Waals surface area contributed by atoms with E-state index in [1.807, 2.05) is 12.1 Å². The molecule has 1 N–H and O–H groups in total. The molecule has 0 radical (unpaired) electrons. The van der Waals surface area contributed by atoms with Crippen LogP contribution in [0, 0.1) is 5.82 Å². The average Bonchev–Trinajstić information content (AvgIpc) is 2.34. The Morgan fingerprint density at radius 1 is 1.18 bits per heavy atom. The van der Waals surface area contributed by atoms with E-state index >= 15 is 0 Å². The van der Waals surface area contributed by atoms with Crippen LogP contribution in [0.4, 0.5) is 4.39 Å². The van der Waals surface area contributed by atoms with Crippen molar-refractivity contribution in [3.05, 3.63) is 35.6 Å². The Balaban J connectivity index is 2.76. The molecule has 0 amide bonds. The van der Waals surface area contributed by atoms with Crippen LogP contribution in [-0.4, -0.2) is 12.6 Å². The smallest absolute Gasteiger partial charge is 0.126 e. The largest absolute Gasteiger partial charge is 0.313 e. The maximum absolute atomic E-state index is 13.7. The lowest BCUT2D eigenvalue weighted by atomic mass is 9.90. The predicted molar refractivity (Wildman–Crippen MR) is 71.8 cm³/mol. The topological polar surface area (TPSA) is 12.0 Å². The van der Waals surface area contributed by atoms with E-state index in [1.54, 1.807) is 12.1 Å². The third kappa shape index (κ3) is 4.12. The molecule has 1 rings (SSSR count). The van der Waals surface area contributed by atoms with E-state index in [0.717, 1.165) is 31.4 Å². The van der Waals surface area contributed by atoms with E-state index in [0.29, 0.717) is 6.04 Å². The maximum Gasteiger partial charge on any atom is 0.126 e. The lowest BCUT2D eigenvalue weighted by molar-refractivity contribution is 0.411. The van der Waals surface area contributed by atoms with Gasteiger partial charge in [-0.2, -0.15) is 0 Å². The highest BCUT2D eigenvalue weighted by atomic mass is 19.1. The van der Waals surface area contributed by atoms with E-state index in [9.17, 15) is 4.39 Å². The molecule has 0 bridgehead atoms. The molecular weight excluding hydrogens is 213 g/mol. The quantitative estimate of drug-likeness (QED) is 0.753. The minimum absolute atomic E-state index is 0.0839. The average molecular weight is 237 g/mol. The second kappa shape index (κ2) is 7.44. The van der Waals surface area contributed by atoms with Crippen molar-refractivity contribution in [2.75, 3.05) is 6.54 Å². The molecule has 2 atom stereocenters. The van der Waals surface area contributed by atoms with Gasteiger partial charge in [0.2, 0.25) is 0 Å². The van der Waals surface area contributed by atoms with Gasteiger partial charge < -0.3 is 5.32 Å². The Hall–Kier alpha value is -0.890. The monoisotopic (exact) mass is 237 g/mol. The van der Waals surface area contributed by atoms with Crippen LogP contribution < -0.4 is 5.32 Å². The Morgan fingerprint density at radius 2 is 1.88 bits per heavy atom. The summed E-state index contributed by atoms with van der Waals surface area (Å²) in [6.45, 7) is 7.45. The number of hydrogen-bond acceptors (Lipinski definition) is 1. The SMILES string of the molecule is CCCNC(CCC)C(C)c1ccccc1F. The highest BCUT2D eigenvalue weighted by molar-refractivity contribution is 5.22. The summed E-state index contributed by atoms with van der Waals surface area (Å²) in [4.78, 5) is 0. The minimum atomic E-state index is -0.0839. The van der Waals surface area contributed by atoms with Crippen LogP contribution in [0.1, 0.15) is 51.5 Å². The molecule has 1 aromatic carbocycles. The van der Waals surface area contributed by atoms with Gasteiger partial charge in [-0.25, -0.2) is 4.39 Å². The molecule has 0 aliphatic rings. The van der Waals surface area contributed by atoms with Gasteiger partial charge in [0.1, 0.15) is 5.82 Å². The van der Waals surface area contributed by atoms with Crippen molar-refractivity contribution in [1.29, 1.82) is 0 Å². The van der Waals surface area contributed by atoms with Crippen LogP contribution in [0.5, 0.6) is 0 Å². The molecule has 0 heterocycles. The van der Waals surface area contributed by atoms with Crippen LogP contribution in [0.15, 0.2) is 24.3 Å². The van der Waals surface area contributed by atoms with E-state index in [1.165, 1.54) is 0 Å². The molecular formula is C15H24FN.